The van der Waals surface area contributed by atoms with E-state index in [0.717, 1.165) is 0 Å². The molecule has 0 aliphatic rings. The third-order valence-corrected chi connectivity index (χ3v) is 1.27. The predicted molar refractivity (Wildman–Crippen MR) is 35.7 cm³/mol. The Kier molecular flexibility index (Phi) is 2.17. The maximum Gasteiger partial charge on any atom is 0.329 e. The third-order valence-electron chi connectivity index (χ3n) is 1.27. The maximum atomic E-state index is 10.5. The molecule has 0 fully saturated rings. The van der Waals surface area contributed by atoms with Gasteiger partial charge in [0.05, 0.1) is 6.20 Å². The monoisotopic (exact) mass is 156 g/mol. The Balaban J connectivity index is 2.79. The molecule has 11 heavy (non-hydrogen) atoms. The van der Waals surface area contributed by atoms with Crippen molar-refractivity contribution in [2.24, 2.45) is 5.73 Å². The van der Waals surface area contributed by atoms with Crippen LogP contribution in [-0.4, -0.2) is 32.6 Å². The zero-order valence-corrected chi connectivity index (χ0v) is 5.71. The van der Waals surface area contributed by atoms with Gasteiger partial charge in [-0.25, -0.2) is 9.48 Å². The van der Waals surface area contributed by atoms with Gasteiger partial charge in [-0.2, -0.15) is 0 Å². The summed E-state index contributed by atoms with van der Waals surface area (Å²) in [6, 6.07) is -0.808. The Morgan fingerprint density at radius 2 is 2.55 bits per heavy atom. The van der Waals surface area contributed by atoms with E-state index in [4.69, 9.17) is 10.8 Å². The highest BCUT2D eigenvalue weighted by molar-refractivity contribution is 5.71. The number of carboxylic acids is 1. The minimum absolute atomic E-state index is 0.0126. The van der Waals surface area contributed by atoms with Crippen LogP contribution in [0.15, 0.2) is 12.4 Å². The highest BCUT2D eigenvalue weighted by Crippen LogP contribution is 1.99. The van der Waals surface area contributed by atoms with Gasteiger partial charge in [-0.3, -0.25) is 0 Å². The molecule has 1 rings (SSSR count). The van der Waals surface area contributed by atoms with E-state index < -0.39 is 12.0 Å². The smallest absolute Gasteiger partial charge is 0.329 e. The van der Waals surface area contributed by atoms with Gasteiger partial charge in [-0.05, 0) is 0 Å². The lowest BCUT2D eigenvalue weighted by Gasteiger charge is -2.07. The summed E-state index contributed by atoms with van der Waals surface area (Å²) >= 11 is 0. The molecule has 0 spiro atoms. The maximum absolute atomic E-state index is 10.5. The summed E-state index contributed by atoms with van der Waals surface area (Å²) in [7, 11) is 0. The second-order valence-electron chi connectivity index (χ2n) is 1.97. The molecule has 0 saturated heterocycles. The van der Waals surface area contributed by atoms with Crippen LogP contribution in [0.25, 0.3) is 0 Å². The van der Waals surface area contributed by atoms with Crippen LogP contribution in [0.2, 0.25) is 0 Å². The van der Waals surface area contributed by atoms with E-state index in [1.54, 1.807) is 0 Å². The Bertz CT molecular complexity index is 233. The molecule has 1 aromatic heterocycles. The van der Waals surface area contributed by atoms with Crippen molar-refractivity contribution < 1.29 is 9.90 Å². The molecule has 0 aliphatic heterocycles. The summed E-state index contributed by atoms with van der Waals surface area (Å²) in [6.07, 6.45) is 2.87. The van der Waals surface area contributed by atoms with Gasteiger partial charge in [0.25, 0.3) is 0 Å². The van der Waals surface area contributed by atoms with E-state index in [1.807, 2.05) is 0 Å². The van der Waals surface area contributed by atoms with Crippen molar-refractivity contribution in [1.29, 1.82) is 0 Å². The van der Waals surface area contributed by atoms with E-state index in [2.05, 4.69) is 10.3 Å². The Hall–Kier alpha value is -1.43. The highest BCUT2D eigenvalue weighted by Gasteiger charge is 2.17. The fourth-order valence-electron chi connectivity index (χ4n) is 0.706. The fourth-order valence-corrected chi connectivity index (χ4v) is 0.706. The SMILES string of the molecule is NCC(C(=O)O)n1ccnn1. The molecule has 1 atom stereocenters. The van der Waals surface area contributed by atoms with Gasteiger partial charge in [0.1, 0.15) is 0 Å². The van der Waals surface area contributed by atoms with Crippen LogP contribution >= 0.6 is 0 Å². The van der Waals surface area contributed by atoms with Crippen LogP contribution < -0.4 is 5.73 Å². The number of hydrogen-bond acceptors (Lipinski definition) is 4. The first kappa shape index (κ1) is 7.67. The van der Waals surface area contributed by atoms with Crippen molar-refractivity contribution in [2.45, 2.75) is 6.04 Å². The zero-order valence-electron chi connectivity index (χ0n) is 5.71. The van der Waals surface area contributed by atoms with E-state index in [0.29, 0.717) is 0 Å². The fraction of sp³-hybridized carbons (Fsp3) is 0.400. The first-order valence-electron chi connectivity index (χ1n) is 3.04. The third kappa shape index (κ3) is 1.53. The van der Waals surface area contributed by atoms with Crippen molar-refractivity contribution in [3.8, 4) is 0 Å². The van der Waals surface area contributed by atoms with Gasteiger partial charge in [0.15, 0.2) is 6.04 Å². The van der Waals surface area contributed by atoms with Gasteiger partial charge in [0, 0.05) is 12.7 Å². The lowest BCUT2D eigenvalue weighted by Crippen LogP contribution is -2.27. The molecule has 60 valence electrons. The van der Waals surface area contributed by atoms with Gasteiger partial charge in [-0.15, -0.1) is 5.10 Å². The van der Waals surface area contributed by atoms with E-state index in [-0.39, 0.29) is 6.54 Å². The Labute approximate surface area is 62.6 Å². The number of aromatic nitrogens is 3. The lowest BCUT2D eigenvalue weighted by molar-refractivity contribution is -0.140. The molecule has 1 aromatic rings. The van der Waals surface area contributed by atoms with Crippen LogP contribution in [0.1, 0.15) is 6.04 Å². The van der Waals surface area contributed by atoms with Gasteiger partial charge < -0.3 is 10.8 Å². The number of nitrogens with two attached hydrogens (primary N) is 1. The minimum Gasteiger partial charge on any atom is -0.480 e. The molecule has 1 unspecified atom stereocenters. The lowest BCUT2D eigenvalue weighted by atomic mass is 10.3. The highest BCUT2D eigenvalue weighted by atomic mass is 16.4. The van der Waals surface area contributed by atoms with E-state index in [9.17, 15) is 4.79 Å². The summed E-state index contributed by atoms with van der Waals surface area (Å²) in [5.74, 6) is -1.00. The van der Waals surface area contributed by atoms with Crippen molar-refractivity contribution in [2.75, 3.05) is 6.54 Å². The molecular weight excluding hydrogens is 148 g/mol. The van der Waals surface area contributed by atoms with Gasteiger partial charge in [0.2, 0.25) is 0 Å². The normalized spacial score (nSPS) is 12.8. The number of hydrogen-bond donors (Lipinski definition) is 2. The topological polar surface area (TPSA) is 94.0 Å². The molecular formula is C5H8N4O2. The average Bonchev–Trinajstić information content (AvgIpc) is 2.40. The summed E-state index contributed by atoms with van der Waals surface area (Å²) in [6.45, 7) is 0.0126. The van der Waals surface area contributed by atoms with Crippen LogP contribution in [0.5, 0.6) is 0 Å². The average molecular weight is 156 g/mol. The van der Waals surface area contributed by atoms with Crippen molar-refractivity contribution in [3.05, 3.63) is 12.4 Å². The van der Waals surface area contributed by atoms with Crippen LogP contribution in [0.3, 0.4) is 0 Å². The molecule has 0 aliphatic carbocycles. The Morgan fingerprint density at radius 3 is 2.91 bits per heavy atom. The molecule has 0 bridgehead atoms. The summed E-state index contributed by atoms with van der Waals surface area (Å²) < 4.78 is 1.21. The second-order valence-corrected chi connectivity index (χ2v) is 1.97. The molecule has 0 aromatic carbocycles. The zero-order chi connectivity index (χ0) is 8.27. The molecule has 0 amide bonds. The molecule has 6 heteroatoms. The minimum atomic E-state index is -1.00. The second kappa shape index (κ2) is 3.11. The van der Waals surface area contributed by atoms with Crippen molar-refractivity contribution in [3.63, 3.8) is 0 Å². The standard InChI is InChI=1S/C5H8N4O2/c6-3-4(5(10)11)9-2-1-7-8-9/h1-2,4H,3,6H2,(H,10,11). The quantitative estimate of drug-likeness (QED) is 0.577. The van der Waals surface area contributed by atoms with Crippen LogP contribution in [-0.2, 0) is 4.79 Å². The molecule has 6 nitrogen and oxygen atoms in total. The number of nitrogens with zero attached hydrogens (tertiary/aromatic N) is 3. The molecule has 0 radical (unpaired) electrons. The van der Waals surface area contributed by atoms with Gasteiger partial charge in [-0.1, -0.05) is 5.21 Å². The largest absolute Gasteiger partial charge is 0.480 e. The number of rotatable bonds is 3. The number of aliphatic carboxylic acids is 1. The number of carboxylic acid groups (broad SMARTS) is 1. The van der Waals surface area contributed by atoms with Crippen LogP contribution in [0, 0.1) is 0 Å². The summed E-state index contributed by atoms with van der Waals surface area (Å²) in [5.41, 5.74) is 5.20. The molecule has 3 N–H and O–H groups in total. The van der Waals surface area contributed by atoms with Crippen molar-refractivity contribution in [1.82, 2.24) is 15.0 Å². The summed E-state index contributed by atoms with van der Waals surface area (Å²) in [5, 5.41) is 15.6. The predicted octanol–water partition coefficient (Wildman–Crippen LogP) is -1.14. The van der Waals surface area contributed by atoms with E-state index in [1.165, 1.54) is 17.1 Å². The molecule has 0 saturated carbocycles. The first-order chi connectivity index (χ1) is 5.25. The van der Waals surface area contributed by atoms with E-state index >= 15 is 0 Å². The number of carbonyl (C=O) groups is 1. The Morgan fingerprint density at radius 1 is 1.82 bits per heavy atom. The summed E-state index contributed by atoms with van der Waals surface area (Å²) in [4.78, 5) is 10.5. The first-order valence-corrected chi connectivity index (χ1v) is 3.04. The van der Waals surface area contributed by atoms with Gasteiger partial charge >= 0.3 is 5.97 Å². The van der Waals surface area contributed by atoms with Crippen LogP contribution in [0.4, 0.5) is 0 Å². The molecule has 1 heterocycles. The van der Waals surface area contributed by atoms with Crippen molar-refractivity contribution >= 4 is 5.97 Å².